The molecule has 0 aliphatic heterocycles. The average molecular weight is 469 g/mol. The fraction of sp³-hybridized carbons (Fsp3) is 0.0526. The van der Waals surface area contributed by atoms with Crippen molar-refractivity contribution in [3.8, 4) is 0 Å². The van der Waals surface area contributed by atoms with Crippen LogP contribution in [0.3, 0.4) is 0 Å². The number of nitrogens with zero attached hydrogens (tertiary/aromatic N) is 1. The normalized spacial score (nSPS) is 10.8. The Morgan fingerprint density at radius 3 is 2.41 bits per heavy atom. The number of benzene rings is 2. The summed E-state index contributed by atoms with van der Waals surface area (Å²) in [6, 6.07) is 6.07. The second-order valence-corrected chi connectivity index (χ2v) is 6.96. The second kappa shape index (κ2) is 8.08. The van der Waals surface area contributed by atoms with Gasteiger partial charge in [0.05, 0.1) is 16.9 Å². The zero-order valence-electron chi connectivity index (χ0n) is 14.6. The summed E-state index contributed by atoms with van der Waals surface area (Å²) >= 11 is 3.08. The number of pyridine rings is 1. The lowest BCUT2D eigenvalue weighted by Gasteiger charge is -2.15. The Bertz CT molecular complexity index is 1120. The van der Waals surface area contributed by atoms with Crippen LogP contribution in [0, 0.1) is 23.3 Å². The van der Waals surface area contributed by atoms with E-state index in [2.05, 4.69) is 26.2 Å². The van der Waals surface area contributed by atoms with Gasteiger partial charge in [0.15, 0.2) is 23.3 Å². The molecule has 0 fully saturated rings. The first-order valence-corrected chi connectivity index (χ1v) is 8.90. The number of carbonyl (C=O) groups excluding carboxylic acids is 1. The predicted octanol–water partition coefficient (Wildman–Crippen LogP) is 4.42. The molecule has 29 heavy (non-hydrogen) atoms. The summed E-state index contributed by atoms with van der Waals surface area (Å²) in [7, 11) is 0. The zero-order valence-corrected chi connectivity index (χ0v) is 16.2. The van der Waals surface area contributed by atoms with Gasteiger partial charge in [-0.15, -0.1) is 0 Å². The van der Waals surface area contributed by atoms with Gasteiger partial charge in [-0.3, -0.25) is 4.79 Å². The van der Waals surface area contributed by atoms with Crippen LogP contribution in [0.2, 0.25) is 0 Å². The van der Waals surface area contributed by atoms with Crippen molar-refractivity contribution in [2.75, 3.05) is 11.1 Å². The SMILES string of the molecule is NC(=O)c1cc(Cc2ccnc(N)c2F)c(F)c(F)c1Nc1ccc(Br)cc1F. The molecular formula is C19H13BrF4N4O. The fourth-order valence-electron chi connectivity index (χ4n) is 2.69. The number of nitrogens with one attached hydrogen (secondary N) is 1. The highest BCUT2D eigenvalue weighted by Crippen LogP contribution is 2.32. The third kappa shape index (κ3) is 4.16. The Morgan fingerprint density at radius 2 is 1.76 bits per heavy atom. The van der Waals surface area contributed by atoms with Gasteiger partial charge in [0, 0.05) is 17.1 Å². The maximum Gasteiger partial charge on any atom is 0.250 e. The number of hydrogen-bond acceptors (Lipinski definition) is 4. The number of nitrogens with two attached hydrogens (primary N) is 2. The van der Waals surface area contributed by atoms with E-state index in [0.717, 1.165) is 12.1 Å². The van der Waals surface area contributed by atoms with Crippen molar-refractivity contribution in [1.82, 2.24) is 4.98 Å². The third-order valence-corrected chi connectivity index (χ3v) is 4.61. The number of aromatic nitrogens is 1. The van der Waals surface area contributed by atoms with Crippen LogP contribution in [0.5, 0.6) is 0 Å². The van der Waals surface area contributed by atoms with Crippen LogP contribution >= 0.6 is 15.9 Å². The molecule has 3 rings (SSSR count). The largest absolute Gasteiger partial charge is 0.381 e. The second-order valence-electron chi connectivity index (χ2n) is 6.05. The van der Waals surface area contributed by atoms with Crippen molar-refractivity contribution in [2.24, 2.45) is 5.73 Å². The molecule has 0 spiro atoms. The van der Waals surface area contributed by atoms with Crippen molar-refractivity contribution >= 4 is 39.0 Å². The Balaban J connectivity index is 2.08. The first-order valence-electron chi connectivity index (χ1n) is 8.10. The van der Waals surface area contributed by atoms with E-state index in [-0.39, 0.29) is 16.8 Å². The topological polar surface area (TPSA) is 94.0 Å². The van der Waals surface area contributed by atoms with Crippen molar-refractivity contribution < 1.29 is 22.4 Å². The highest BCUT2D eigenvalue weighted by atomic mass is 79.9. The molecule has 0 bridgehead atoms. The number of amides is 1. The molecule has 1 aromatic heterocycles. The van der Waals surface area contributed by atoms with Gasteiger partial charge in [0.25, 0.3) is 5.91 Å². The molecule has 5 nitrogen and oxygen atoms in total. The summed E-state index contributed by atoms with van der Waals surface area (Å²) in [5, 5.41) is 2.35. The molecule has 0 saturated heterocycles. The van der Waals surface area contributed by atoms with Crippen LogP contribution in [0.25, 0.3) is 0 Å². The van der Waals surface area contributed by atoms with Gasteiger partial charge >= 0.3 is 0 Å². The van der Waals surface area contributed by atoms with E-state index in [4.69, 9.17) is 11.5 Å². The van der Waals surface area contributed by atoms with Crippen molar-refractivity contribution in [3.63, 3.8) is 0 Å². The number of halogens is 5. The average Bonchev–Trinajstić information content (AvgIpc) is 2.66. The molecule has 0 unspecified atom stereocenters. The van der Waals surface area contributed by atoms with E-state index in [9.17, 15) is 22.4 Å². The van der Waals surface area contributed by atoms with Gasteiger partial charge in [-0.2, -0.15) is 0 Å². The van der Waals surface area contributed by atoms with Crippen molar-refractivity contribution in [3.05, 3.63) is 81.0 Å². The summed E-state index contributed by atoms with van der Waals surface area (Å²) in [6.45, 7) is 0. The summed E-state index contributed by atoms with van der Waals surface area (Å²) < 4.78 is 58.0. The predicted molar refractivity (Wildman–Crippen MR) is 104 cm³/mol. The van der Waals surface area contributed by atoms with E-state index < -0.39 is 52.7 Å². The van der Waals surface area contributed by atoms with Crippen LogP contribution in [-0.2, 0) is 6.42 Å². The standard InChI is InChI=1S/C19H13BrF4N4O/c20-10-1-2-13(12(21)7-10)28-17-11(19(26)29)6-9(14(22)16(17)24)5-8-3-4-27-18(25)15(8)23/h1-4,6-7,28H,5H2,(H2,25,27)(H2,26,29). The summed E-state index contributed by atoms with van der Waals surface area (Å²) in [5.41, 5.74) is 9.03. The molecule has 0 radical (unpaired) electrons. The minimum Gasteiger partial charge on any atom is -0.381 e. The first-order chi connectivity index (χ1) is 13.7. The van der Waals surface area contributed by atoms with Crippen LogP contribution in [0.1, 0.15) is 21.5 Å². The quantitative estimate of drug-likeness (QED) is 0.483. The molecule has 150 valence electrons. The van der Waals surface area contributed by atoms with Crippen molar-refractivity contribution in [1.29, 1.82) is 0 Å². The number of nitrogen functional groups attached to an aromatic ring is 1. The molecule has 1 heterocycles. The number of primary amides is 1. The molecule has 0 atom stereocenters. The van der Waals surface area contributed by atoms with Crippen LogP contribution < -0.4 is 16.8 Å². The lowest BCUT2D eigenvalue weighted by atomic mass is 10.00. The Labute approximate surface area is 170 Å². The van der Waals surface area contributed by atoms with E-state index in [1.54, 1.807) is 0 Å². The molecule has 0 aliphatic rings. The van der Waals surface area contributed by atoms with E-state index in [0.29, 0.717) is 4.47 Å². The molecule has 10 heteroatoms. The lowest BCUT2D eigenvalue weighted by Crippen LogP contribution is -2.17. The molecule has 3 aromatic rings. The smallest absolute Gasteiger partial charge is 0.250 e. The van der Waals surface area contributed by atoms with Crippen LogP contribution in [0.4, 0.5) is 34.8 Å². The number of carbonyl (C=O) groups is 1. The van der Waals surface area contributed by atoms with E-state index in [1.165, 1.54) is 24.4 Å². The van der Waals surface area contributed by atoms with Gasteiger partial charge in [-0.1, -0.05) is 15.9 Å². The van der Waals surface area contributed by atoms with E-state index in [1.807, 2.05) is 0 Å². The number of hydrogen-bond donors (Lipinski definition) is 3. The van der Waals surface area contributed by atoms with Crippen LogP contribution in [-0.4, -0.2) is 10.9 Å². The van der Waals surface area contributed by atoms with Crippen molar-refractivity contribution in [2.45, 2.75) is 6.42 Å². The lowest BCUT2D eigenvalue weighted by molar-refractivity contribution is 0.100. The van der Waals surface area contributed by atoms with Gasteiger partial charge < -0.3 is 16.8 Å². The fourth-order valence-corrected chi connectivity index (χ4v) is 3.03. The van der Waals surface area contributed by atoms with Crippen LogP contribution in [0.15, 0.2) is 41.0 Å². The molecule has 1 amide bonds. The number of rotatable bonds is 5. The Hall–Kier alpha value is -3.14. The molecular weight excluding hydrogens is 456 g/mol. The summed E-state index contributed by atoms with van der Waals surface area (Å²) in [5.74, 6) is -5.94. The molecule has 2 aromatic carbocycles. The molecule has 0 aliphatic carbocycles. The molecule has 5 N–H and O–H groups in total. The zero-order chi connectivity index (χ0) is 21.3. The highest BCUT2D eigenvalue weighted by Gasteiger charge is 2.23. The van der Waals surface area contributed by atoms with Gasteiger partial charge in [0.2, 0.25) is 0 Å². The Kier molecular flexibility index (Phi) is 5.73. The highest BCUT2D eigenvalue weighted by molar-refractivity contribution is 9.10. The maximum atomic E-state index is 14.8. The maximum absolute atomic E-state index is 14.8. The minimum absolute atomic E-state index is 0.0501. The molecule has 0 saturated carbocycles. The minimum atomic E-state index is -1.46. The summed E-state index contributed by atoms with van der Waals surface area (Å²) in [4.78, 5) is 15.4. The van der Waals surface area contributed by atoms with E-state index >= 15 is 0 Å². The number of anilines is 3. The Morgan fingerprint density at radius 1 is 1.03 bits per heavy atom. The van der Waals surface area contributed by atoms with Gasteiger partial charge in [-0.05, 0) is 41.5 Å². The van der Waals surface area contributed by atoms with Gasteiger partial charge in [0.1, 0.15) is 5.82 Å². The first kappa shape index (κ1) is 20.6. The monoisotopic (exact) mass is 468 g/mol. The third-order valence-electron chi connectivity index (χ3n) is 4.12. The summed E-state index contributed by atoms with van der Waals surface area (Å²) in [6.07, 6.45) is 0.803. The van der Waals surface area contributed by atoms with Gasteiger partial charge in [-0.25, -0.2) is 22.5 Å².